The van der Waals surface area contributed by atoms with Crippen LogP contribution in [0.3, 0.4) is 0 Å². The number of terminal acetylenes is 1. The van der Waals surface area contributed by atoms with Crippen LogP contribution in [0.2, 0.25) is 5.02 Å². The van der Waals surface area contributed by atoms with E-state index in [0.717, 1.165) is 11.1 Å². The Morgan fingerprint density at radius 3 is 3.00 bits per heavy atom. The van der Waals surface area contributed by atoms with E-state index < -0.39 is 0 Å². The summed E-state index contributed by atoms with van der Waals surface area (Å²) >= 11 is 5.95. The second-order valence-corrected chi connectivity index (χ2v) is 3.67. The van der Waals surface area contributed by atoms with Crippen LogP contribution < -0.4 is 5.32 Å². The summed E-state index contributed by atoms with van der Waals surface area (Å²) < 4.78 is 0. The van der Waals surface area contributed by atoms with Crippen LogP contribution in [0.15, 0.2) is 24.3 Å². The minimum atomic E-state index is -0.213. The maximum Gasteiger partial charge on any atom is 0.244 e. The van der Waals surface area contributed by atoms with Crippen LogP contribution >= 0.6 is 11.6 Å². The summed E-state index contributed by atoms with van der Waals surface area (Å²) in [6.45, 7) is 2.16. The van der Waals surface area contributed by atoms with Crippen molar-refractivity contribution in [2.45, 2.75) is 6.92 Å². The zero-order valence-corrected chi connectivity index (χ0v) is 9.71. The van der Waals surface area contributed by atoms with E-state index in [-0.39, 0.29) is 12.5 Å². The minimum absolute atomic E-state index is 0.213. The highest BCUT2D eigenvalue weighted by Crippen LogP contribution is 2.17. The van der Waals surface area contributed by atoms with E-state index in [0.29, 0.717) is 5.02 Å². The number of carbonyl (C=O) groups is 1. The summed E-state index contributed by atoms with van der Waals surface area (Å²) in [6, 6.07) is 5.61. The number of amides is 1. The van der Waals surface area contributed by atoms with Crippen LogP contribution in [-0.2, 0) is 4.79 Å². The molecule has 0 aliphatic rings. The fraction of sp³-hybridized carbons (Fsp3) is 0.154. The highest BCUT2D eigenvalue weighted by atomic mass is 35.5. The van der Waals surface area contributed by atoms with Crippen LogP contribution in [0, 0.1) is 19.3 Å². The van der Waals surface area contributed by atoms with Gasteiger partial charge in [0.1, 0.15) is 0 Å². The second kappa shape index (κ2) is 5.99. The van der Waals surface area contributed by atoms with Crippen LogP contribution in [0.25, 0.3) is 6.08 Å². The molecule has 0 heterocycles. The first kappa shape index (κ1) is 12.4. The van der Waals surface area contributed by atoms with Crippen LogP contribution in [0.1, 0.15) is 11.1 Å². The molecule has 1 amide bonds. The smallest absolute Gasteiger partial charge is 0.244 e. The second-order valence-electron chi connectivity index (χ2n) is 3.26. The molecule has 0 fully saturated rings. The summed E-state index contributed by atoms with van der Waals surface area (Å²) in [5.41, 5.74) is 1.89. The third-order valence-corrected chi connectivity index (χ3v) is 2.39. The van der Waals surface area contributed by atoms with Gasteiger partial charge in [-0.25, -0.2) is 0 Å². The number of hydrogen-bond acceptors (Lipinski definition) is 1. The van der Waals surface area contributed by atoms with E-state index >= 15 is 0 Å². The fourth-order valence-corrected chi connectivity index (χ4v) is 1.27. The average molecular weight is 234 g/mol. The largest absolute Gasteiger partial charge is 0.342 e. The van der Waals surface area contributed by atoms with Crippen LogP contribution in [0.4, 0.5) is 0 Å². The molecule has 1 aromatic carbocycles. The quantitative estimate of drug-likeness (QED) is 0.631. The Labute approximate surface area is 100 Å². The maximum absolute atomic E-state index is 11.2. The molecule has 82 valence electrons. The number of benzene rings is 1. The van der Waals surface area contributed by atoms with E-state index in [2.05, 4.69) is 11.2 Å². The first-order valence-electron chi connectivity index (χ1n) is 4.79. The van der Waals surface area contributed by atoms with Gasteiger partial charge in [0.2, 0.25) is 5.91 Å². The predicted molar refractivity (Wildman–Crippen MR) is 67.1 cm³/mol. The zero-order chi connectivity index (χ0) is 12.0. The highest BCUT2D eigenvalue weighted by Gasteiger charge is 1.96. The third kappa shape index (κ3) is 3.80. The first-order chi connectivity index (χ1) is 7.63. The van der Waals surface area contributed by atoms with Crippen molar-refractivity contribution in [1.82, 2.24) is 5.32 Å². The van der Waals surface area contributed by atoms with Crippen molar-refractivity contribution in [3.05, 3.63) is 40.4 Å². The zero-order valence-electron chi connectivity index (χ0n) is 8.96. The summed E-state index contributed by atoms with van der Waals surface area (Å²) in [6.07, 6.45) is 8.13. The Hall–Kier alpha value is -1.72. The van der Waals surface area contributed by atoms with Crippen molar-refractivity contribution in [2.75, 3.05) is 6.54 Å². The Balaban J connectivity index is 2.66. The topological polar surface area (TPSA) is 29.1 Å². The van der Waals surface area contributed by atoms with Gasteiger partial charge in [-0.15, -0.1) is 6.42 Å². The van der Waals surface area contributed by atoms with Gasteiger partial charge in [-0.05, 0) is 30.2 Å². The van der Waals surface area contributed by atoms with E-state index in [1.54, 1.807) is 6.08 Å². The van der Waals surface area contributed by atoms with Crippen molar-refractivity contribution >= 4 is 23.6 Å². The minimum Gasteiger partial charge on any atom is -0.342 e. The van der Waals surface area contributed by atoms with E-state index in [1.165, 1.54) is 6.08 Å². The van der Waals surface area contributed by atoms with Gasteiger partial charge in [0.25, 0.3) is 0 Å². The number of carbonyl (C=O) groups excluding carboxylic acids is 1. The SMILES string of the molecule is C#CCNC(=O)/C=C/c1ccc(C)c(Cl)c1. The Morgan fingerprint density at radius 1 is 1.62 bits per heavy atom. The molecule has 0 saturated carbocycles. The van der Waals surface area contributed by atoms with E-state index in [9.17, 15) is 4.79 Å². The average Bonchev–Trinajstić information content (AvgIpc) is 2.28. The molecule has 0 spiro atoms. The number of nitrogens with one attached hydrogen (secondary N) is 1. The molecule has 0 aromatic heterocycles. The summed E-state index contributed by atoms with van der Waals surface area (Å²) in [4.78, 5) is 11.2. The lowest BCUT2D eigenvalue weighted by atomic mass is 10.1. The molecule has 1 rings (SSSR count). The van der Waals surface area contributed by atoms with Gasteiger partial charge in [0.15, 0.2) is 0 Å². The van der Waals surface area contributed by atoms with Crippen molar-refractivity contribution in [2.24, 2.45) is 0 Å². The van der Waals surface area contributed by atoms with Gasteiger partial charge in [-0.3, -0.25) is 4.79 Å². The van der Waals surface area contributed by atoms with Gasteiger partial charge in [0.05, 0.1) is 6.54 Å². The third-order valence-electron chi connectivity index (χ3n) is 1.99. The fourth-order valence-electron chi connectivity index (χ4n) is 1.08. The van der Waals surface area contributed by atoms with Crippen molar-refractivity contribution in [1.29, 1.82) is 0 Å². The highest BCUT2D eigenvalue weighted by molar-refractivity contribution is 6.31. The van der Waals surface area contributed by atoms with Gasteiger partial charge >= 0.3 is 0 Å². The van der Waals surface area contributed by atoms with Crippen LogP contribution in [0.5, 0.6) is 0 Å². The Morgan fingerprint density at radius 2 is 2.38 bits per heavy atom. The lowest BCUT2D eigenvalue weighted by Crippen LogP contribution is -2.20. The summed E-state index contributed by atoms with van der Waals surface area (Å²) in [5, 5.41) is 3.22. The normalized spacial score (nSPS) is 10.1. The Bertz CT molecular complexity index is 457. The van der Waals surface area contributed by atoms with Gasteiger partial charge in [-0.1, -0.05) is 29.7 Å². The molecular formula is C13H12ClNO. The monoisotopic (exact) mass is 233 g/mol. The molecule has 16 heavy (non-hydrogen) atoms. The van der Waals surface area contributed by atoms with Crippen LogP contribution in [-0.4, -0.2) is 12.5 Å². The Kier molecular flexibility index (Phi) is 4.63. The first-order valence-corrected chi connectivity index (χ1v) is 5.17. The van der Waals surface area contributed by atoms with Gasteiger partial charge < -0.3 is 5.32 Å². The molecule has 0 saturated heterocycles. The lowest BCUT2D eigenvalue weighted by molar-refractivity contribution is -0.116. The van der Waals surface area contributed by atoms with Crippen molar-refractivity contribution in [3.63, 3.8) is 0 Å². The molecule has 0 unspecified atom stereocenters. The van der Waals surface area contributed by atoms with E-state index in [1.807, 2.05) is 25.1 Å². The van der Waals surface area contributed by atoms with Gasteiger partial charge in [0, 0.05) is 11.1 Å². The van der Waals surface area contributed by atoms with E-state index in [4.69, 9.17) is 18.0 Å². The molecule has 3 heteroatoms. The lowest BCUT2D eigenvalue weighted by Gasteiger charge is -1.99. The molecular weight excluding hydrogens is 222 g/mol. The molecule has 0 atom stereocenters. The number of aryl methyl sites for hydroxylation is 1. The molecule has 0 aliphatic heterocycles. The summed E-state index contributed by atoms with van der Waals surface area (Å²) in [7, 11) is 0. The van der Waals surface area contributed by atoms with Gasteiger partial charge in [-0.2, -0.15) is 0 Å². The molecule has 1 aromatic rings. The molecule has 2 nitrogen and oxygen atoms in total. The molecule has 0 aliphatic carbocycles. The summed E-state index contributed by atoms with van der Waals surface area (Å²) in [5.74, 6) is 2.11. The molecule has 1 N–H and O–H groups in total. The molecule has 0 radical (unpaired) electrons. The molecule has 0 bridgehead atoms. The number of hydrogen-bond donors (Lipinski definition) is 1. The number of rotatable bonds is 3. The van der Waals surface area contributed by atoms with Crippen molar-refractivity contribution < 1.29 is 4.79 Å². The maximum atomic E-state index is 11.2. The predicted octanol–water partition coefficient (Wildman–Crippen LogP) is 2.41. The van der Waals surface area contributed by atoms with Crippen molar-refractivity contribution in [3.8, 4) is 12.3 Å². The standard InChI is InChI=1S/C13H12ClNO/c1-3-8-15-13(16)7-6-11-5-4-10(2)12(14)9-11/h1,4-7,9H,8H2,2H3,(H,15,16)/b7-6+. The number of halogens is 1.